The van der Waals surface area contributed by atoms with Gasteiger partial charge in [0.1, 0.15) is 0 Å². The SMILES string of the molecule is Cc1ccc2c(c1)CCCC2(CO)CO. The maximum atomic E-state index is 9.50. The number of fused-ring (bicyclic) bond motifs is 1. The zero-order valence-electron chi connectivity index (χ0n) is 9.16. The third-order valence-corrected chi connectivity index (χ3v) is 3.54. The highest BCUT2D eigenvalue weighted by Gasteiger charge is 2.35. The number of benzene rings is 1. The summed E-state index contributed by atoms with van der Waals surface area (Å²) in [4.78, 5) is 0. The first-order chi connectivity index (χ1) is 7.22. The van der Waals surface area contributed by atoms with Crippen LogP contribution in [0.5, 0.6) is 0 Å². The zero-order valence-corrected chi connectivity index (χ0v) is 9.16. The molecule has 82 valence electrons. The molecule has 0 aliphatic heterocycles. The quantitative estimate of drug-likeness (QED) is 0.771. The second kappa shape index (κ2) is 3.95. The minimum atomic E-state index is -0.402. The number of aliphatic hydroxyl groups excluding tert-OH is 2. The summed E-state index contributed by atoms with van der Waals surface area (Å²) in [6.07, 6.45) is 3.01. The summed E-state index contributed by atoms with van der Waals surface area (Å²) in [5.41, 5.74) is 3.29. The standard InChI is InChI=1S/C13H18O2/c1-10-4-5-12-11(7-10)3-2-6-13(12,8-14)9-15/h4-5,7,14-15H,2-3,6,8-9H2,1H3. The van der Waals surface area contributed by atoms with Gasteiger partial charge in [0.05, 0.1) is 13.2 Å². The van der Waals surface area contributed by atoms with Crippen molar-refractivity contribution in [1.29, 1.82) is 0 Å². The fraction of sp³-hybridized carbons (Fsp3) is 0.538. The van der Waals surface area contributed by atoms with E-state index in [9.17, 15) is 10.2 Å². The Morgan fingerprint density at radius 1 is 1.27 bits per heavy atom. The molecule has 0 saturated carbocycles. The van der Waals surface area contributed by atoms with Crippen molar-refractivity contribution in [2.24, 2.45) is 0 Å². The molecule has 0 bridgehead atoms. The predicted octanol–water partition coefficient (Wildman–Crippen LogP) is 1.55. The number of hydrogen-bond donors (Lipinski definition) is 2. The van der Waals surface area contributed by atoms with Crippen molar-refractivity contribution in [2.45, 2.75) is 31.6 Å². The van der Waals surface area contributed by atoms with E-state index in [-0.39, 0.29) is 13.2 Å². The smallest absolute Gasteiger partial charge is 0.0550 e. The summed E-state index contributed by atoms with van der Waals surface area (Å²) < 4.78 is 0. The van der Waals surface area contributed by atoms with E-state index in [1.807, 2.05) is 0 Å². The highest BCUT2D eigenvalue weighted by Crippen LogP contribution is 2.37. The molecule has 0 fully saturated rings. The van der Waals surface area contributed by atoms with Crippen LogP contribution in [0.1, 0.15) is 29.5 Å². The van der Waals surface area contributed by atoms with Gasteiger partial charge in [-0.05, 0) is 37.3 Å². The number of aryl methyl sites for hydroxylation is 2. The first-order valence-corrected chi connectivity index (χ1v) is 5.53. The van der Waals surface area contributed by atoms with Crippen LogP contribution in [0.2, 0.25) is 0 Å². The summed E-state index contributed by atoms with van der Waals surface area (Å²) >= 11 is 0. The molecule has 2 nitrogen and oxygen atoms in total. The van der Waals surface area contributed by atoms with Gasteiger partial charge in [0.15, 0.2) is 0 Å². The van der Waals surface area contributed by atoms with Gasteiger partial charge in [-0.15, -0.1) is 0 Å². The van der Waals surface area contributed by atoms with E-state index in [0.717, 1.165) is 24.8 Å². The molecule has 0 radical (unpaired) electrons. The predicted molar refractivity (Wildman–Crippen MR) is 60.0 cm³/mol. The van der Waals surface area contributed by atoms with Crippen molar-refractivity contribution >= 4 is 0 Å². The van der Waals surface area contributed by atoms with Crippen LogP contribution in [-0.4, -0.2) is 23.4 Å². The zero-order chi connectivity index (χ0) is 10.9. The van der Waals surface area contributed by atoms with Crippen LogP contribution in [0.25, 0.3) is 0 Å². The molecule has 2 heteroatoms. The number of rotatable bonds is 2. The molecule has 1 aromatic rings. The third-order valence-electron chi connectivity index (χ3n) is 3.54. The van der Waals surface area contributed by atoms with Crippen molar-refractivity contribution in [3.63, 3.8) is 0 Å². The Morgan fingerprint density at radius 2 is 2.00 bits per heavy atom. The molecular weight excluding hydrogens is 188 g/mol. The van der Waals surface area contributed by atoms with Crippen molar-refractivity contribution in [3.8, 4) is 0 Å². The molecule has 0 atom stereocenters. The Balaban J connectivity index is 2.50. The second-order valence-electron chi connectivity index (χ2n) is 4.61. The van der Waals surface area contributed by atoms with Crippen LogP contribution in [-0.2, 0) is 11.8 Å². The molecule has 1 aromatic carbocycles. The first kappa shape index (κ1) is 10.7. The molecule has 0 amide bonds. The minimum Gasteiger partial charge on any atom is -0.395 e. The minimum absolute atomic E-state index is 0.0412. The normalized spacial score (nSPS) is 18.6. The van der Waals surface area contributed by atoms with Gasteiger partial charge in [-0.2, -0.15) is 0 Å². The number of hydrogen-bond acceptors (Lipinski definition) is 2. The Hall–Kier alpha value is -0.860. The molecule has 0 heterocycles. The Kier molecular flexibility index (Phi) is 2.81. The maximum absolute atomic E-state index is 9.50. The van der Waals surface area contributed by atoms with E-state index in [1.165, 1.54) is 11.1 Å². The average molecular weight is 206 g/mol. The summed E-state index contributed by atoms with van der Waals surface area (Å²) in [6, 6.07) is 6.30. The van der Waals surface area contributed by atoms with Crippen molar-refractivity contribution in [2.75, 3.05) is 13.2 Å². The molecule has 15 heavy (non-hydrogen) atoms. The van der Waals surface area contributed by atoms with Gasteiger partial charge in [-0.25, -0.2) is 0 Å². The van der Waals surface area contributed by atoms with Crippen molar-refractivity contribution in [1.82, 2.24) is 0 Å². The van der Waals surface area contributed by atoms with Crippen molar-refractivity contribution < 1.29 is 10.2 Å². The summed E-state index contributed by atoms with van der Waals surface area (Å²) in [6.45, 7) is 2.16. The van der Waals surface area contributed by atoms with E-state index in [4.69, 9.17) is 0 Å². The molecule has 0 unspecified atom stereocenters. The molecule has 2 N–H and O–H groups in total. The van der Waals surface area contributed by atoms with Gasteiger partial charge in [0, 0.05) is 5.41 Å². The molecule has 0 spiro atoms. The highest BCUT2D eigenvalue weighted by molar-refractivity contribution is 5.39. The van der Waals surface area contributed by atoms with Crippen molar-refractivity contribution in [3.05, 3.63) is 34.9 Å². The van der Waals surface area contributed by atoms with Crippen LogP contribution in [0.3, 0.4) is 0 Å². The van der Waals surface area contributed by atoms with E-state index in [2.05, 4.69) is 25.1 Å². The molecule has 1 aliphatic carbocycles. The van der Waals surface area contributed by atoms with Gasteiger partial charge in [-0.3, -0.25) is 0 Å². The van der Waals surface area contributed by atoms with E-state index < -0.39 is 5.41 Å². The van der Waals surface area contributed by atoms with Crippen LogP contribution >= 0.6 is 0 Å². The Morgan fingerprint density at radius 3 is 2.67 bits per heavy atom. The summed E-state index contributed by atoms with van der Waals surface area (Å²) in [7, 11) is 0. The lowest BCUT2D eigenvalue weighted by atomic mass is 9.70. The monoisotopic (exact) mass is 206 g/mol. The maximum Gasteiger partial charge on any atom is 0.0550 e. The van der Waals surface area contributed by atoms with E-state index >= 15 is 0 Å². The second-order valence-corrected chi connectivity index (χ2v) is 4.61. The molecule has 0 saturated heterocycles. The highest BCUT2D eigenvalue weighted by atomic mass is 16.3. The van der Waals surface area contributed by atoms with Crippen LogP contribution in [0.4, 0.5) is 0 Å². The lowest BCUT2D eigenvalue weighted by Gasteiger charge is -2.36. The molecular formula is C13H18O2. The van der Waals surface area contributed by atoms with Gasteiger partial charge in [0.25, 0.3) is 0 Å². The van der Waals surface area contributed by atoms with Gasteiger partial charge < -0.3 is 10.2 Å². The third kappa shape index (κ3) is 1.68. The van der Waals surface area contributed by atoms with Gasteiger partial charge in [-0.1, -0.05) is 23.8 Å². The van der Waals surface area contributed by atoms with E-state index in [1.54, 1.807) is 0 Å². The molecule has 2 rings (SSSR count). The molecule has 1 aliphatic rings. The van der Waals surface area contributed by atoms with Gasteiger partial charge >= 0.3 is 0 Å². The van der Waals surface area contributed by atoms with Crippen LogP contribution < -0.4 is 0 Å². The summed E-state index contributed by atoms with van der Waals surface area (Å²) in [5.74, 6) is 0. The van der Waals surface area contributed by atoms with Gasteiger partial charge in [0.2, 0.25) is 0 Å². The largest absolute Gasteiger partial charge is 0.395 e. The number of aliphatic hydroxyl groups is 2. The lowest BCUT2D eigenvalue weighted by molar-refractivity contribution is 0.102. The topological polar surface area (TPSA) is 40.5 Å². The Bertz CT molecular complexity index is 354. The fourth-order valence-corrected chi connectivity index (χ4v) is 2.58. The fourth-order valence-electron chi connectivity index (χ4n) is 2.58. The first-order valence-electron chi connectivity index (χ1n) is 5.53. The van der Waals surface area contributed by atoms with Crippen LogP contribution in [0.15, 0.2) is 18.2 Å². The van der Waals surface area contributed by atoms with Crippen LogP contribution in [0, 0.1) is 6.92 Å². The van der Waals surface area contributed by atoms with E-state index in [0.29, 0.717) is 0 Å². The lowest BCUT2D eigenvalue weighted by Crippen LogP contribution is -2.38. The average Bonchev–Trinajstić information content (AvgIpc) is 2.27. The Labute approximate surface area is 90.6 Å². The summed E-state index contributed by atoms with van der Waals surface area (Å²) in [5, 5.41) is 19.0. The molecule has 0 aromatic heterocycles.